The Bertz CT molecular complexity index is 471. The van der Waals surface area contributed by atoms with Crippen LogP contribution >= 0.6 is 0 Å². The fourth-order valence-electron chi connectivity index (χ4n) is 3.04. The van der Waals surface area contributed by atoms with Crippen LogP contribution in [0.4, 0.5) is 11.6 Å². The van der Waals surface area contributed by atoms with Crippen molar-refractivity contribution >= 4 is 11.6 Å². The van der Waals surface area contributed by atoms with Crippen molar-refractivity contribution in [2.75, 3.05) is 23.8 Å². The van der Waals surface area contributed by atoms with Crippen LogP contribution in [0.2, 0.25) is 0 Å². The predicted molar refractivity (Wildman–Crippen MR) is 80.6 cm³/mol. The predicted octanol–water partition coefficient (Wildman–Crippen LogP) is 1.53. The van der Waals surface area contributed by atoms with Crippen LogP contribution in [0.25, 0.3) is 0 Å². The van der Waals surface area contributed by atoms with Gasteiger partial charge in [-0.3, -0.25) is 4.90 Å². The maximum absolute atomic E-state index is 5.56. The average molecular weight is 276 g/mol. The molecule has 1 saturated carbocycles. The van der Waals surface area contributed by atoms with E-state index in [4.69, 9.17) is 5.84 Å². The molecule has 6 heteroatoms. The van der Waals surface area contributed by atoms with Crippen molar-refractivity contribution in [3.63, 3.8) is 0 Å². The summed E-state index contributed by atoms with van der Waals surface area (Å²) in [6.45, 7) is 6.59. The van der Waals surface area contributed by atoms with Gasteiger partial charge in [-0.05, 0) is 25.2 Å². The number of aromatic nitrogens is 2. The molecule has 6 nitrogen and oxygen atoms in total. The van der Waals surface area contributed by atoms with Crippen LogP contribution in [0.3, 0.4) is 0 Å². The minimum Gasteiger partial charge on any atom is -0.366 e. The Labute approximate surface area is 120 Å². The minimum absolute atomic E-state index is 0.325. The van der Waals surface area contributed by atoms with Crippen molar-refractivity contribution < 1.29 is 0 Å². The fraction of sp³-hybridized carbons (Fsp3) is 0.714. The smallest absolute Gasteiger partial charge is 0.148 e. The fourth-order valence-corrected chi connectivity index (χ4v) is 3.04. The van der Waals surface area contributed by atoms with Gasteiger partial charge in [-0.1, -0.05) is 13.8 Å². The van der Waals surface area contributed by atoms with Crippen LogP contribution in [0.15, 0.2) is 6.33 Å². The van der Waals surface area contributed by atoms with E-state index in [2.05, 4.69) is 39.5 Å². The number of nitrogens with zero attached hydrogens (tertiary/aromatic N) is 3. The molecule has 1 aromatic heterocycles. The number of hydrazine groups is 1. The Morgan fingerprint density at radius 1 is 1.25 bits per heavy atom. The van der Waals surface area contributed by atoms with Crippen LogP contribution in [0.1, 0.15) is 44.6 Å². The highest BCUT2D eigenvalue weighted by Crippen LogP contribution is 2.32. The van der Waals surface area contributed by atoms with E-state index >= 15 is 0 Å². The highest BCUT2D eigenvalue weighted by Gasteiger charge is 2.34. The van der Waals surface area contributed by atoms with E-state index in [-0.39, 0.29) is 0 Å². The molecule has 1 saturated heterocycles. The first-order chi connectivity index (χ1) is 9.69. The Morgan fingerprint density at radius 3 is 2.65 bits per heavy atom. The maximum atomic E-state index is 5.56. The first kappa shape index (κ1) is 13.6. The second-order valence-corrected chi connectivity index (χ2v) is 6.14. The lowest BCUT2D eigenvalue weighted by atomic mass is 10.0. The first-order valence-corrected chi connectivity index (χ1v) is 7.51. The molecule has 4 N–H and O–H groups in total. The molecule has 2 fully saturated rings. The van der Waals surface area contributed by atoms with Crippen LogP contribution in [-0.4, -0.2) is 40.0 Å². The van der Waals surface area contributed by atoms with E-state index < -0.39 is 0 Å². The average Bonchev–Trinajstić information content (AvgIpc) is 3.19. The molecular formula is C14H24N6. The molecule has 2 aliphatic rings. The molecule has 0 aromatic carbocycles. The van der Waals surface area contributed by atoms with Gasteiger partial charge in [0.25, 0.3) is 0 Å². The normalized spacial score (nSPS) is 23.3. The number of likely N-dealkylation sites (tertiary alicyclic amines) is 1. The number of anilines is 2. The molecule has 0 bridgehead atoms. The molecule has 2 heterocycles. The third kappa shape index (κ3) is 2.71. The third-order valence-electron chi connectivity index (χ3n) is 4.22. The summed E-state index contributed by atoms with van der Waals surface area (Å²) in [5.74, 6) is 7.52. The van der Waals surface area contributed by atoms with Gasteiger partial charge in [-0.25, -0.2) is 15.8 Å². The molecule has 1 aliphatic carbocycles. The van der Waals surface area contributed by atoms with Crippen LogP contribution in [0, 0.1) is 0 Å². The molecule has 1 aliphatic heterocycles. The molecule has 0 spiro atoms. The van der Waals surface area contributed by atoms with Crippen molar-refractivity contribution in [1.29, 1.82) is 0 Å². The number of nitrogens with two attached hydrogens (primary N) is 1. The lowest BCUT2D eigenvalue weighted by Gasteiger charge is -2.20. The van der Waals surface area contributed by atoms with Gasteiger partial charge in [-0.2, -0.15) is 0 Å². The topological polar surface area (TPSA) is 79.1 Å². The molecule has 1 aromatic rings. The van der Waals surface area contributed by atoms with E-state index in [1.54, 1.807) is 6.33 Å². The summed E-state index contributed by atoms with van der Waals surface area (Å²) in [6.07, 6.45) is 5.50. The van der Waals surface area contributed by atoms with Gasteiger partial charge < -0.3 is 10.7 Å². The van der Waals surface area contributed by atoms with E-state index in [0.717, 1.165) is 29.8 Å². The van der Waals surface area contributed by atoms with Crippen molar-refractivity contribution in [1.82, 2.24) is 14.9 Å². The quantitative estimate of drug-likeness (QED) is 0.559. The van der Waals surface area contributed by atoms with Gasteiger partial charge in [0, 0.05) is 30.7 Å². The van der Waals surface area contributed by atoms with Gasteiger partial charge in [0.2, 0.25) is 0 Å². The molecule has 1 atom stereocenters. The number of hydrogen-bond donors (Lipinski definition) is 3. The highest BCUT2D eigenvalue weighted by molar-refractivity contribution is 5.58. The van der Waals surface area contributed by atoms with Crippen LogP contribution in [0.5, 0.6) is 0 Å². The summed E-state index contributed by atoms with van der Waals surface area (Å²) in [5, 5.41) is 3.59. The lowest BCUT2D eigenvalue weighted by molar-refractivity contribution is 0.326. The zero-order valence-electron chi connectivity index (χ0n) is 12.3. The zero-order chi connectivity index (χ0) is 14.1. The summed E-state index contributed by atoms with van der Waals surface area (Å²) in [6, 6.07) is 1.33. The van der Waals surface area contributed by atoms with Gasteiger partial charge in [0.05, 0.1) is 0 Å². The third-order valence-corrected chi connectivity index (χ3v) is 4.22. The summed E-state index contributed by atoms with van der Waals surface area (Å²) in [5.41, 5.74) is 3.75. The molecular weight excluding hydrogens is 252 g/mol. The van der Waals surface area contributed by atoms with Crippen molar-refractivity contribution in [3.8, 4) is 0 Å². The van der Waals surface area contributed by atoms with Crippen molar-refractivity contribution in [3.05, 3.63) is 11.9 Å². The molecule has 1 unspecified atom stereocenters. The summed E-state index contributed by atoms with van der Waals surface area (Å²) >= 11 is 0. The molecule has 3 rings (SSSR count). The monoisotopic (exact) mass is 276 g/mol. The lowest BCUT2D eigenvalue weighted by Crippen LogP contribution is -2.28. The summed E-state index contributed by atoms with van der Waals surface area (Å²) < 4.78 is 0. The Kier molecular flexibility index (Phi) is 3.76. The second-order valence-electron chi connectivity index (χ2n) is 6.14. The van der Waals surface area contributed by atoms with E-state index in [1.165, 1.54) is 25.8 Å². The van der Waals surface area contributed by atoms with E-state index in [1.807, 2.05) is 0 Å². The molecule has 20 heavy (non-hydrogen) atoms. The van der Waals surface area contributed by atoms with E-state index in [0.29, 0.717) is 12.0 Å². The standard InChI is InChI=1S/C14H24N6/c1-9(2)12-13(16-8-17-14(12)19-15)18-10-5-6-20(7-10)11-3-4-11/h8-11H,3-7,15H2,1-2H3,(H2,16,17,18,19). The van der Waals surface area contributed by atoms with Gasteiger partial charge >= 0.3 is 0 Å². The number of rotatable bonds is 5. The van der Waals surface area contributed by atoms with Gasteiger partial charge in [0.1, 0.15) is 18.0 Å². The van der Waals surface area contributed by atoms with Gasteiger partial charge in [0.15, 0.2) is 0 Å². The summed E-state index contributed by atoms with van der Waals surface area (Å²) in [7, 11) is 0. The Hall–Kier alpha value is -1.40. The van der Waals surface area contributed by atoms with E-state index in [9.17, 15) is 0 Å². The van der Waals surface area contributed by atoms with Crippen molar-refractivity contribution in [2.45, 2.75) is 51.1 Å². The molecule has 0 amide bonds. The van der Waals surface area contributed by atoms with Crippen LogP contribution in [-0.2, 0) is 0 Å². The van der Waals surface area contributed by atoms with Gasteiger partial charge in [-0.15, -0.1) is 0 Å². The largest absolute Gasteiger partial charge is 0.366 e. The number of nitrogen functional groups attached to an aromatic ring is 1. The molecule has 110 valence electrons. The minimum atomic E-state index is 0.325. The number of hydrogen-bond acceptors (Lipinski definition) is 6. The SMILES string of the molecule is CC(C)c1c(NN)ncnc1NC1CCN(C2CC2)C1. The van der Waals surface area contributed by atoms with Crippen molar-refractivity contribution in [2.24, 2.45) is 5.84 Å². The highest BCUT2D eigenvalue weighted by atomic mass is 15.3. The summed E-state index contributed by atoms with van der Waals surface area (Å²) in [4.78, 5) is 11.2. The van der Waals surface area contributed by atoms with Crippen LogP contribution < -0.4 is 16.6 Å². The Morgan fingerprint density at radius 2 is 2.00 bits per heavy atom. The Balaban J connectivity index is 1.73. The number of nitrogens with one attached hydrogen (secondary N) is 2. The maximum Gasteiger partial charge on any atom is 0.148 e. The molecule has 0 radical (unpaired) electrons. The second kappa shape index (κ2) is 5.54. The first-order valence-electron chi connectivity index (χ1n) is 7.51. The zero-order valence-corrected chi connectivity index (χ0v) is 12.3.